The smallest absolute Gasteiger partial charge is 0.352 e. The number of amides is 2. The Kier molecular flexibility index (Phi) is 7.59. The normalized spacial score (nSPS) is 19.1. The summed E-state index contributed by atoms with van der Waals surface area (Å²) < 4.78 is 4.74. The van der Waals surface area contributed by atoms with Gasteiger partial charge in [0.15, 0.2) is 15.2 Å². The number of nitrogens with one attached hydrogen (secondary N) is 1. The highest BCUT2D eigenvalue weighted by Gasteiger charge is 2.54. The number of fused-ring (bicyclic) bond motifs is 1. The monoisotopic (exact) mass is 590 g/mol. The van der Waals surface area contributed by atoms with Crippen LogP contribution in [0, 0.1) is 6.92 Å². The molecule has 0 saturated carbocycles. The molecule has 4 N–H and O–H groups in total. The van der Waals surface area contributed by atoms with Crippen LogP contribution < -0.4 is 15.9 Å². The van der Waals surface area contributed by atoms with Crippen LogP contribution >= 0.6 is 46.4 Å². The molecule has 2 atom stereocenters. The number of carboxylic acids is 1. The molecule has 1 unspecified atom stereocenters. The van der Waals surface area contributed by atoms with E-state index in [1.54, 1.807) is 17.6 Å². The molecule has 5 rings (SSSR count). The van der Waals surface area contributed by atoms with Gasteiger partial charge in [-0.2, -0.15) is 9.36 Å². The fourth-order valence-electron chi connectivity index (χ4n) is 3.59. The first-order valence-corrected chi connectivity index (χ1v) is 14.5. The van der Waals surface area contributed by atoms with Gasteiger partial charge in [-0.05, 0) is 24.6 Å². The van der Waals surface area contributed by atoms with Crippen molar-refractivity contribution < 1.29 is 24.3 Å². The van der Waals surface area contributed by atoms with E-state index in [0.29, 0.717) is 27.2 Å². The van der Waals surface area contributed by atoms with E-state index in [-0.39, 0.29) is 22.4 Å². The summed E-state index contributed by atoms with van der Waals surface area (Å²) in [7, 11) is 0. The number of hydrogen-bond acceptors (Lipinski definition) is 14. The molecular weight excluding hydrogens is 573 g/mol. The second-order valence-electron chi connectivity index (χ2n) is 7.91. The summed E-state index contributed by atoms with van der Waals surface area (Å²) in [4.78, 5) is 49.0. The van der Waals surface area contributed by atoms with E-state index in [2.05, 4.69) is 30.0 Å². The molecule has 17 heteroatoms. The van der Waals surface area contributed by atoms with Crippen molar-refractivity contribution >= 4 is 75.0 Å². The topological polar surface area (TPSA) is 186 Å². The molecule has 0 bridgehead atoms. The van der Waals surface area contributed by atoms with Gasteiger partial charge in [0.2, 0.25) is 11.5 Å². The van der Waals surface area contributed by atoms with E-state index < -0.39 is 29.2 Å². The van der Waals surface area contributed by atoms with Crippen LogP contribution in [-0.4, -0.2) is 76.0 Å². The third-order valence-electron chi connectivity index (χ3n) is 5.38. The number of nitrogen functional groups attached to an aromatic ring is 1. The minimum absolute atomic E-state index is 0.0563. The van der Waals surface area contributed by atoms with E-state index in [1.165, 1.54) is 39.8 Å². The first kappa shape index (κ1) is 26.1. The van der Waals surface area contributed by atoms with E-state index in [9.17, 15) is 19.5 Å². The molecule has 196 valence electrons. The molecule has 13 nitrogen and oxygen atoms in total. The standard InChI is InChI=1S/C21H18N8O5S4/c1-9-2-4-11(5-3-9)34-27-12(15-25-20(22)38-28-15)16(30)24-13-17(31)29-14(19(32)33)10(6-35-18(13)29)7-36-21-26-23-8-37-21/h2-5,8,13,18H,6-7H2,1H3,(H,24,30)(H,32,33)(H2,22,25,28)/t13?,18-/m1/s1. The number of carboxylic acid groups (broad SMARTS) is 1. The van der Waals surface area contributed by atoms with E-state index in [1.807, 2.05) is 19.1 Å². The summed E-state index contributed by atoms with van der Waals surface area (Å²) in [6, 6.07) is 6.03. The number of benzene rings is 1. The highest BCUT2D eigenvalue weighted by atomic mass is 32.2. The number of hydrogen-bond donors (Lipinski definition) is 3. The Balaban J connectivity index is 1.32. The second kappa shape index (κ2) is 11.1. The number of anilines is 1. The van der Waals surface area contributed by atoms with Crippen molar-refractivity contribution in [1.82, 2.24) is 29.8 Å². The summed E-state index contributed by atoms with van der Waals surface area (Å²) >= 11 is 4.94. The zero-order chi connectivity index (χ0) is 26.8. The molecule has 0 spiro atoms. The summed E-state index contributed by atoms with van der Waals surface area (Å²) in [6.07, 6.45) is 0. The maximum atomic E-state index is 13.2. The largest absolute Gasteiger partial charge is 0.477 e. The number of rotatable bonds is 9. The Morgan fingerprint density at radius 3 is 2.79 bits per heavy atom. The van der Waals surface area contributed by atoms with E-state index >= 15 is 0 Å². The van der Waals surface area contributed by atoms with Gasteiger partial charge in [0, 0.05) is 23.0 Å². The van der Waals surface area contributed by atoms with Crippen molar-refractivity contribution in [3.8, 4) is 5.75 Å². The lowest BCUT2D eigenvalue weighted by molar-refractivity contribution is -0.150. The quantitative estimate of drug-likeness (QED) is 0.142. The van der Waals surface area contributed by atoms with Crippen LogP contribution in [0.15, 0.2) is 50.5 Å². The number of carbonyl (C=O) groups excluding carboxylic acids is 2. The number of β-lactam (4-membered cyclic amide) rings is 1. The van der Waals surface area contributed by atoms with Crippen LogP contribution in [0.3, 0.4) is 0 Å². The summed E-state index contributed by atoms with van der Waals surface area (Å²) in [5.41, 5.74) is 8.53. The zero-order valence-corrected chi connectivity index (χ0v) is 22.7. The lowest BCUT2D eigenvalue weighted by Crippen LogP contribution is -2.71. The number of thioether (sulfide) groups is 2. The fraction of sp³-hybridized carbons (Fsp3) is 0.238. The van der Waals surface area contributed by atoms with Crippen LogP contribution in [0.4, 0.5) is 5.13 Å². The minimum Gasteiger partial charge on any atom is -0.477 e. The minimum atomic E-state index is -1.21. The SMILES string of the molecule is Cc1ccc(ON=C(C(=O)NC2C(=O)N3C(C(=O)O)=C(CSc4nncs4)CS[C@H]23)c2nsc(N)n2)cc1. The number of aromatic nitrogens is 4. The van der Waals surface area contributed by atoms with Gasteiger partial charge >= 0.3 is 5.97 Å². The van der Waals surface area contributed by atoms with Crippen molar-refractivity contribution in [2.24, 2.45) is 5.16 Å². The van der Waals surface area contributed by atoms with Crippen LogP contribution in [-0.2, 0) is 14.4 Å². The van der Waals surface area contributed by atoms with Gasteiger partial charge in [-0.15, -0.1) is 22.0 Å². The Bertz CT molecular complexity index is 1440. The maximum absolute atomic E-state index is 13.2. The summed E-state index contributed by atoms with van der Waals surface area (Å²) in [6.45, 7) is 1.92. The van der Waals surface area contributed by atoms with Crippen molar-refractivity contribution in [3.63, 3.8) is 0 Å². The first-order valence-electron chi connectivity index (χ1n) is 10.8. The zero-order valence-electron chi connectivity index (χ0n) is 19.4. The average Bonchev–Trinajstić information content (AvgIpc) is 3.58. The van der Waals surface area contributed by atoms with Crippen molar-refractivity contribution in [2.75, 3.05) is 17.2 Å². The molecule has 2 amide bonds. The first-order chi connectivity index (χ1) is 18.3. The van der Waals surface area contributed by atoms with Gasteiger partial charge in [-0.1, -0.05) is 46.0 Å². The molecular formula is C21H18N8O5S4. The second-order valence-corrected chi connectivity index (χ2v) is 11.9. The molecule has 4 heterocycles. The van der Waals surface area contributed by atoms with Crippen molar-refractivity contribution in [2.45, 2.75) is 22.7 Å². The van der Waals surface area contributed by atoms with Gasteiger partial charge in [-0.3, -0.25) is 14.5 Å². The molecule has 38 heavy (non-hydrogen) atoms. The van der Waals surface area contributed by atoms with Gasteiger partial charge < -0.3 is 21.0 Å². The summed E-state index contributed by atoms with van der Waals surface area (Å²) in [5.74, 6) is -1.47. The highest BCUT2D eigenvalue weighted by molar-refractivity contribution is 8.01. The molecule has 0 aliphatic carbocycles. The Labute approximate surface area is 231 Å². The molecule has 1 saturated heterocycles. The van der Waals surface area contributed by atoms with E-state index in [0.717, 1.165) is 17.1 Å². The maximum Gasteiger partial charge on any atom is 0.352 e. The molecule has 2 aromatic heterocycles. The number of aryl methyl sites for hydroxylation is 1. The van der Waals surface area contributed by atoms with Gasteiger partial charge in [-0.25, -0.2) is 4.79 Å². The Morgan fingerprint density at radius 1 is 1.34 bits per heavy atom. The van der Waals surface area contributed by atoms with E-state index in [4.69, 9.17) is 10.6 Å². The predicted octanol–water partition coefficient (Wildman–Crippen LogP) is 1.59. The molecule has 1 aromatic carbocycles. The number of carbonyl (C=O) groups is 3. The van der Waals surface area contributed by atoms with Crippen LogP contribution in [0.25, 0.3) is 0 Å². The Morgan fingerprint density at radius 2 is 2.13 bits per heavy atom. The average molecular weight is 591 g/mol. The predicted molar refractivity (Wildman–Crippen MR) is 143 cm³/mol. The van der Waals surface area contributed by atoms with Crippen molar-refractivity contribution in [3.05, 3.63) is 52.4 Å². The van der Waals surface area contributed by atoms with Gasteiger partial charge in [0.05, 0.1) is 0 Å². The van der Waals surface area contributed by atoms with Crippen LogP contribution in [0.2, 0.25) is 0 Å². The molecule has 2 aliphatic rings. The van der Waals surface area contributed by atoms with Crippen LogP contribution in [0.1, 0.15) is 11.4 Å². The fourth-order valence-corrected chi connectivity index (χ4v) is 7.00. The third kappa shape index (κ3) is 5.35. The van der Waals surface area contributed by atoms with Crippen molar-refractivity contribution in [1.29, 1.82) is 0 Å². The molecule has 0 radical (unpaired) electrons. The highest BCUT2D eigenvalue weighted by Crippen LogP contribution is 2.41. The number of oxime groups is 1. The Hall–Kier alpha value is -3.54. The number of nitrogens with two attached hydrogens (primary N) is 1. The molecule has 2 aliphatic heterocycles. The van der Waals surface area contributed by atoms with Gasteiger partial charge in [0.1, 0.15) is 22.6 Å². The summed E-state index contributed by atoms with van der Waals surface area (Å²) in [5, 5.41) is 23.7. The van der Waals surface area contributed by atoms with Gasteiger partial charge in [0.25, 0.3) is 11.8 Å². The lowest BCUT2D eigenvalue weighted by Gasteiger charge is -2.49. The van der Waals surface area contributed by atoms with Crippen LogP contribution in [0.5, 0.6) is 5.75 Å². The molecule has 3 aromatic rings. The number of aliphatic carboxylic acids is 1. The lowest BCUT2D eigenvalue weighted by atomic mass is 10.0. The third-order valence-corrected chi connectivity index (χ3v) is 9.21. The molecule has 1 fully saturated rings. The number of nitrogens with zero attached hydrogens (tertiary/aromatic N) is 6.